The lowest BCUT2D eigenvalue weighted by Crippen LogP contribution is -2.32. The molecule has 1 unspecified atom stereocenters. The molecule has 0 fully saturated rings. The van der Waals surface area contributed by atoms with Crippen molar-refractivity contribution in [2.45, 2.75) is 53.1 Å². The van der Waals surface area contributed by atoms with Gasteiger partial charge in [0, 0.05) is 5.57 Å². The molecule has 0 spiro atoms. The molecule has 2 heteroatoms. The van der Waals surface area contributed by atoms with Gasteiger partial charge in [-0.2, -0.15) is 0 Å². The molecule has 0 saturated heterocycles. The average molecular weight is 198 g/mol. The predicted octanol–water partition coefficient (Wildman–Crippen LogP) is 3.32. The van der Waals surface area contributed by atoms with Gasteiger partial charge in [0.25, 0.3) is 0 Å². The molecule has 0 aromatic carbocycles. The van der Waals surface area contributed by atoms with Crippen molar-refractivity contribution in [2.75, 3.05) is 0 Å². The van der Waals surface area contributed by atoms with Crippen LogP contribution in [0.5, 0.6) is 0 Å². The van der Waals surface area contributed by atoms with Crippen molar-refractivity contribution in [2.24, 2.45) is 5.92 Å². The number of carbonyl (C=O) groups is 1. The van der Waals surface area contributed by atoms with Crippen LogP contribution in [0.3, 0.4) is 0 Å². The van der Waals surface area contributed by atoms with E-state index in [1.807, 2.05) is 13.8 Å². The molecular weight excluding hydrogens is 176 g/mol. The molecule has 0 rings (SSSR count). The highest BCUT2D eigenvalue weighted by atomic mass is 16.6. The van der Waals surface area contributed by atoms with Crippen molar-refractivity contribution >= 4 is 5.97 Å². The second-order valence-corrected chi connectivity index (χ2v) is 4.57. The number of carbonyl (C=O) groups excluding carboxylic acids is 1. The van der Waals surface area contributed by atoms with Gasteiger partial charge in [-0.1, -0.05) is 27.4 Å². The summed E-state index contributed by atoms with van der Waals surface area (Å²) in [6, 6.07) is 0. The van der Waals surface area contributed by atoms with Crippen LogP contribution in [0, 0.1) is 5.92 Å². The van der Waals surface area contributed by atoms with Gasteiger partial charge >= 0.3 is 5.97 Å². The number of esters is 1. The molecule has 14 heavy (non-hydrogen) atoms. The number of hydrogen-bond acceptors (Lipinski definition) is 2. The molecule has 0 aromatic rings. The van der Waals surface area contributed by atoms with E-state index in [0.29, 0.717) is 11.5 Å². The monoisotopic (exact) mass is 198 g/mol. The molecule has 1 atom stereocenters. The highest BCUT2D eigenvalue weighted by Gasteiger charge is 2.27. The van der Waals surface area contributed by atoms with Crippen LogP contribution in [-0.4, -0.2) is 11.6 Å². The van der Waals surface area contributed by atoms with E-state index in [1.165, 1.54) is 0 Å². The van der Waals surface area contributed by atoms with Gasteiger partial charge in [-0.15, -0.1) is 0 Å². The molecule has 0 N–H and O–H groups in total. The lowest BCUT2D eigenvalue weighted by molar-refractivity contribution is -0.154. The lowest BCUT2D eigenvalue weighted by Gasteiger charge is -2.30. The third kappa shape index (κ3) is 4.45. The first-order chi connectivity index (χ1) is 6.30. The SMILES string of the molecule is C=C(C)C(=O)OC(C)(CC)CC(C)C. The fourth-order valence-corrected chi connectivity index (χ4v) is 1.43. The van der Waals surface area contributed by atoms with Crippen molar-refractivity contribution < 1.29 is 9.53 Å². The Bertz CT molecular complexity index is 218. The highest BCUT2D eigenvalue weighted by Crippen LogP contribution is 2.25. The Hall–Kier alpha value is -0.790. The summed E-state index contributed by atoms with van der Waals surface area (Å²) >= 11 is 0. The van der Waals surface area contributed by atoms with Gasteiger partial charge in [-0.05, 0) is 32.6 Å². The summed E-state index contributed by atoms with van der Waals surface area (Å²) in [7, 11) is 0. The van der Waals surface area contributed by atoms with Crippen molar-refractivity contribution in [3.63, 3.8) is 0 Å². The molecule has 0 bridgehead atoms. The molecule has 82 valence electrons. The van der Waals surface area contributed by atoms with E-state index in [-0.39, 0.29) is 11.6 Å². The van der Waals surface area contributed by atoms with Crippen LogP contribution in [0.1, 0.15) is 47.5 Å². The molecule has 0 radical (unpaired) electrons. The smallest absolute Gasteiger partial charge is 0.333 e. The Morgan fingerprint density at radius 3 is 2.29 bits per heavy atom. The predicted molar refractivity (Wildman–Crippen MR) is 59.1 cm³/mol. The van der Waals surface area contributed by atoms with E-state index >= 15 is 0 Å². The average Bonchev–Trinajstić information content (AvgIpc) is 2.02. The van der Waals surface area contributed by atoms with E-state index in [0.717, 1.165) is 12.8 Å². The van der Waals surface area contributed by atoms with Crippen LogP contribution in [0.15, 0.2) is 12.2 Å². The van der Waals surface area contributed by atoms with Crippen LogP contribution in [-0.2, 0) is 9.53 Å². The molecule has 0 amide bonds. The van der Waals surface area contributed by atoms with E-state index in [9.17, 15) is 4.79 Å². The van der Waals surface area contributed by atoms with Gasteiger partial charge in [-0.25, -0.2) is 4.79 Å². The molecule has 2 nitrogen and oxygen atoms in total. The van der Waals surface area contributed by atoms with Gasteiger partial charge in [0.05, 0.1) is 0 Å². The van der Waals surface area contributed by atoms with Crippen molar-refractivity contribution in [3.05, 3.63) is 12.2 Å². The topological polar surface area (TPSA) is 26.3 Å². The van der Waals surface area contributed by atoms with Crippen molar-refractivity contribution in [1.29, 1.82) is 0 Å². The zero-order chi connectivity index (χ0) is 11.4. The maximum atomic E-state index is 11.4. The fraction of sp³-hybridized carbons (Fsp3) is 0.750. The minimum absolute atomic E-state index is 0.282. The fourth-order valence-electron chi connectivity index (χ4n) is 1.43. The lowest BCUT2D eigenvalue weighted by atomic mass is 9.91. The summed E-state index contributed by atoms with van der Waals surface area (Å²) in [5, 5.41) is 0. The van der Waals surface area contributed by atoms with Crippen LogP contribution >= 0.6 is 0 Å². The summed E-state index contributed by atoms with van der Waals surface area (Å²) in [6.45, 7) is 13.5. The Kier molecular flexibility index (Phi) is 4.89. The third-order valence-electron chi connectivity index (χ3n) is 2.28. The Morgan fingerprint density at radius 1 is 1.50 bits per heavy atom. The summed E-state index contributed by atoms with van der Waals surface area (Å²) in [5.41, 5.74) is 0.123. The summed E-state index contributed by atoms with van der Waals surface area (Å²) < 4.78 is 5.42. The maximum Gasteiger partial charge on any atom is 0.333 e. The van der Waals surface area contributed by atoms with Gasteiger partial charge in [0.2, 0.25) is 0 Å². The molecule has 0 aliphatic heterocycles. The van der Waals surface area contributed by atoms with Crippen molar-refractivity contribution in [1.82, 2.24) is 0 Å². The molecule has 0 aliphatic rings. The summed E-state index contributed by atoms with van der Waals surface area (Å²) in [5.74, 6) is 0.243. The first-order valence-electron chi connectivity index (χ1n) is 5.19. The number of rotatable bonds is 5. The van der Waals surface area contributed by atoms with Crippen molar-refractivity contribution in [3.8, 4) is 0 Å². The zero-order valence-electron chi connectivity index (χ0n) is 10.0. The molecule has 0 heterocycles. The second kappa shape index (κ2) is 5.18. The van der Waals surface area contributed by atoms with Crippen LogP contribution < -0.4 is 0 Å². The number of hydrogen-bond donors (Lipinski definition) is 0. The molecule has 0 saturated carbocycles. The second-order valence-electron chi connectivity index (χ2n) is 4.57. The van der Waals surface area contributed by atoms with E-state index in [2.05, 4.69) is 20.4 Å². The normalized spacial score (nSPS) is 15.0. The minimum atomic E-state index is -0.343. The van der Waals surface area contributed by atoms with Crippen LogP contribution in [0.2, 0.25) is 0 Å². The first kappa shape index (κ1) is 13.2. The Morgan fingerprint density at radius 2 is 2.00 bits per heavy atom. The zero-order valence-corrected chi connectivity index (χ0v) is 10.0. The number of ether oxygens (including phenoxy) is 1. The standard InChI is InChI=1S/C12H22O2/c1-7-12(6,8-9(2)3)14-11(13)10(4)5/h9H,4,7-8H2,1-3,5-6H3. The maximum absolute atomic E-state index is 11.4. The van der Waals surface area contributed by atoms with E-state index in [1.54, 1.807) is 6.92 Å². The van der Waals surface area contributed by atoms with Gasteiger partial charge in [-0.3, -0.25) is 0 Å². The Balaban J connectivity index is 4.39. The first-order valence-corrected chi connectivity index (χ1v) is 5.19. The van der Waals surface area contributed by atoms with E-state index in [4.69, 9.17) is 4.74 Å². The van der Waals surface area contributed by atoms with Gasteiger partial charge < -0.3 is 4.74 Å². The van der Waals surface area contributed by atoms with Crippen LogP contribution in [0.4, 0.5) is 0 Å². The van der Waals surface area contributed by atoms with Crippen LogP contribution in [0.25, 0.3) is 0 Å². The van der Waals surface area contributed by atoms with Gasteiger partial charge in [0.1, 0.15) is 5.60 Å². The third-order valence-corrected chi connectivity index (χ3v) is 2.28. The Labute approximate surface area is 87.3 Å². The van der Waals surface area contributed by atoms with Gasteiger partial charge in [0.15, 0.2) is 0 Å². The minimum Gasteiger partial charge on any atom is -0.456 e. The summed E-state index contributed by atoms with van der Waals surface area (Å²) in [4.78, 5) is 11.4. The quantitative estimate of drug-likeness (QED) is 0.500. The largest absolute Gasteiger partial charge is 0.456 e. The molecular formula is C12H22O2. The highest BCUT2D eigenvalue weighted by molar-refractivity contribution is 5.87. The molecule has 0 aliphatic carbocycles. The molecule has 0 aromatic heterocycles. The van der Waals surface area contributed by atoms with E-state index < -0.39 is 0 Å². The summed E-state index contributed by atoms with van der Waals surface area (Å²) in [6.07, 6.45) is 1.73.